The number of carbonyl (C=O) groups excluding carboxylic acids is 2. The number of carboxylic acids is 1. The number of rotatable bonds is 6. The van der Waals surface area contributed by atoms with Crippen molar-refractivity contribution in [2.45, 2.75) is 18.9 Å². The maximum atomic E-state index is 11.7. The predicted octanol–water partition coefficient (Wildman–Crippen LogP) is -2.49. The minimum Gasteiger partial charge on any atom is -0.480 e. The number of aliphatic carboxylic acids is 1. The van der Waals surface area contributed by atoms with E-state index in [2.05, 4.69) is 5.32 Å². The number of carbonyl (C=O) groups is 3. The normalized spacial score (nSPS) is 11.6. The van der Waals surface area contributed by atoms with Gasteiger partial charge >= 0.3 is 11.7 Å². The first-order valence-corrected chi connectivity index (χ1v) is 5.45. The molecule has 0 saturated carbocycles. The van der Waals surface area contributed by atoms with Crippen LogP contribution in [0.5, 0.6) is 0 Å². The van der Waals surface area contributed by atoms with Crippen LogP contribution in [-0.2, 0) is 9.59 Å². The molecule has 1 aromatic heterocycles. The van der Waals surface area contributed by atoms with Crippen molar-refractivity contribution in [1.29, 1.82) is 0 Å². The molecule has 0 spiro atoms. The van der Waals surface area contributed by atoms with Crippen LogP contribution in [0.15, 0.2) is 15.7 Å². The summed E-state index contributed by atoms with van der Waals surface area (Å²) in [5, 5.41) is 11.0. The SMILES string of the molecule is NC(=O)CC[C@@H](NC(=O)c1cc(=O)[nH]c(=O)[nH]1)C(=O)O. The zero-order chi connectivity index (χ0) is 15.3. The number of carboxylic acid groups (broad SMARTS) is 1. The van der Waals surface area contributed by atoms with Crippen LogP contribution in [0.2, 0.25) is 0 Å². The topological polar surface area (TPSA) is 175 Å². The summed E-state index contributed by atoms with van der Waals surface area (Å²) in [6, 6.07) is -0.554. The van der Waals surface area contributed by atoms with Gasteiger partial charge in [0.25, 0.3) is 11.5 Å². The summed E-state index contributed by atoms with van der Waals surface area (Å²) < 4.78 is 0. The quantitative estimate of drug-likeness (QED) is 0.386. The lowest BCUT2D eigenvalue weighted by Gasteiger charge is -2.13. The Morgan fingerprint density at radius 3 is 2.45 bits per heavy atom. The molecule has 6 N–H and O–H groups in total. The molecule has 0 saturated heterocycles. The van der Waals surface area contributed by atoms with Gasteiger partial charge < -0.3 is 21.1 Å². The Morgan fingerprint density at radius 2 is 1.95 bits per heavy atom. The van der Waals surface area contributed by atoms with Crippen LogP contribution in [0.1, 0.15) is 23.3 Å². The van der Waals surface area contributed by atoms with E-state index in [9.17, 15) is 24.0 Å². The summed E-state index contributed by atoms with van der Waals surface area (Å²) in [6.45, 7) is 0. The van der Waals surface area contributed by atoms with E-state index in [-0.39, 0.29) is 18.5 Å². The van der Waals surface area contributed by atoms with Crippen LogP contribution in [0.25, 0.3) is 0 Å². The van der Waals surface area contributed by atoms with Crippen molar-refractivity contribution in [2.75, 3.05) is 0 Å². The number of hydrogen-bond acceptors (Lipinski definition) is 5. The molecule has 0 aliphatic carbocycles. The third-order valence-electron chi connectivity index (χ3n) is 2.29. The molecule has 0 fully saturated rings. The maximum Gasteiger partial charge on any atom is 0.326 e. The number of nitrogens with two attached hydrogens (primary N) is 1. The van der Waals surface area contributed by atoms with E-state index in [1.807, 2.05) is 9.97 Å². The number of amides is 2. The Balaban J connectivity index is 2.85. The van der Waals surface area contributed by atoms with Crippen LogP contribution < -0.4 is 22.3 Å². The third kappa shape index (κ3) is 4.40. The van der Waals surface area contributed by atoms with Crippen molar-refractivity contribution in [2.24, 2.45) is 5.73 Å². The summed E-state index contributed by atoms with van der Waals surface area (Å²) in [4.78, 5) is 59.1. The Labute approximate surface area is 111 Å². The lowest BCUT2D eigenvalue weighted by Crippen LogP contribution is -2.42. The van der Waals surface area contributed by atoms with Gasteiger partial charge in [-0.3, -0.25) is 19.4 Å². The zero-order valence-electron chi connectivity index (χ0n) is 10.1. The molecule has 1 aromatic rings. The van der Waals surface area contributed by atoms with E-state index in [4.69, 9.17) is 10.8 Å². The molecule has 0 aromatic carbocycles. The molecule has 10 nitrogen and oxygen atoms in total. The lowest BCUT2D eigenvalue weighted by atomic mass is 10.1. The second-order valence-corrected chi connectivity index (χ2v) is 3.87. The average molecular weight is 284 g/mol. The first kappa shape index (κ1) is 15.1. The molecule has 0 bridgehead atoms. The standard InChI is InChI=1S/C10H12N4O6/c11-6(15)2-1-4(9(18)19)12-8(17)5-3-7(16)14-10(20)13-5/h3-4H,1-2H2,(H2,11,15)(H,12,17)(H,18,19)(H2,13,14,16,20)/t4-/m1/s1. The van der Waals surface area contributed by atoms with Crippen LogP contribution in [-0.4, -0.2) is 38.9 Å². The number of aromatic nitrogens is 2. The van der Waals surface area contributed by atoms with Crippen molar-refractivity contribution in [1.82, 2.24) is 15.3 Å². The van der Waals surface area contributed by atoms with Crippen molar-refractivity contribution in [3.8, 4) is 0 Å². The molecular weight excluding hydrogens is 272 g/mol. The van der Waals surface area contributed by atoms with Gasteiger partial charge in [0.05, 0.1) is 0 Å². The van der Waals surface area contributed by atoms with Gasteiger partial charge in [-0.15, -0.1) is 0 Å². The Bertz CT molecular complexity index is 617. The molecule has 0 unspecified atom stereocenters. The van der Waals surface area contributed by atoms with Crippen molar-refractivity contribution < 1.29 is 19.5 Å². The highest BCUT2D eigenvalue weighted by Crippen LogP contribution is 1.99. The van der Waals surface area contributed by atoms with Crippen LogP contribution in [0, 0.1) is 0 Å². The summed E-state index contributed by atoms with van der Waals surface area (Å²) in [5.41, 5.74) is 2.80. The van der Waals surface area contributed by atoms with Gasteiger partial charge in [-0.25, -0.2) is 9.59 Å². The second kappa shape index (κ2) is 6.31. The van der Waals surface area contributed by atoms with Crippen molar-refractivity contribution >= 4 is 17.8 Å². The number of primary amides is 1. The van der Waals surface area contributed by atoms with E-state index in [0.29, 0.717) is 0 Å². The van der Waals surface area contributed by atoms with Gasteiger partial charge in [0, 0.05) is 12.5 Å². The van der Waals surface area contributed by atoms with Crippen molar-refractivity contribution in [3.05, 3.63) is 32.6 Å². The molecule has 20 heavy (non-hydrogen) atoms. The molecule has 0 aliphatic heterocycles. The van der Waals surface area contributed by atoms with Gasteiger partial charge in [-0.2, -0.15) is 0 Å². The second-order valence-electron chi connectivity index (χ2n) is 3.87. The van der Waals surface area contributed by atoms with E-state index in [0.717, 1.165) is 6.07 Å². The Hall–Kier alpha value is -2.91. The summed E-state index contributed by atoms with van der Waals surface area (Å²) in [5.74, 6) is -3.04. The first-order valence-electron chi connectivity index (χ1n) is 5.45. The molecule has 1 atom stereocenters. The number of H-pyrrole nitrogens is 2. The highest BCUT2D eigenvalue weighted by molar-refractivity contribution is 5.94. The van der Waals surface area contributed by atoms with E-state index >= 15 is 0 Å². The molecule has 0 aliphatic rings. The fourth-order valence-electron chi connectivity index (χ4n) is 1.37. The number of nitrogens with one attached hydrogen (secondary N) is 3. The smallest absolute Gasteiger partial charge is 0.326 e. The first-order chi connectivity index (χ1) is 9.29. The van der Waals surface area contributed by atoms with Crippen LogP contribution in [0.3, 0.4) is 0 Å². The Kier molecular flexibility index (Phi) is 4.78. The summed E-state index contributed by atoms with van der Waals surface area (Å²) in [7, 11) is 0. The zero-order valence-corrected chi connectivity index (χ0v) is 10.1. The van der Waals surface area contributed by atoms with Crippen LogP contribution >= 0.6 is 0 Å². The molecule has 1 rings (SSSR count). The highest BCUT2D eigenvalue weighted by Gasteiger charge is 2.21. The van der Waals surface area contributed by atoms with E-state index in [1.54, 1.807) is 0 Å². The van der Waals surface area contributed by atoms with E-state index in [1.165, 1.54) is 0 Å². The van der Waals surface area contributed by atoms with Gasteiger partial charge in [0.15, 0.2) is 0 Å². The van der Waals surface area contributed by atoms with Gasteiger partial charge in [0.1, 0.15) is 11.7 Å². The average Bonchev–Trinajstić information content (AvgIpc) is 2.32. The number of aromatic amines is 2. The minimum absolute atomic E-state index is 0.205. The highest BCUT2D eigenvalue weighted by atomic mass is 16.4. The third-order valence-corrected chi connectivity index (χ3v) is 2.29. The molecule has 10 heteroatoms. The van der Waals surface area contributed by atoms with Crippen LogP contribution in [0.4, 0.5) is 0 Å². The van der Waals surface area contributed by atoms with E-state index < -0.39 is 35.1 Å². The Morgan fingerprint density at radius 1 is 1.30 bits per heavy atom. The molecule has 2 amide bonds. The number of hydrogen-bond donors (Lipinski definition) is 5. The summed E-state index contributed by atoms with van der Waals surface area (Å²) in [6.07, 6.45) is -0.438. The summed E-state index contributed by atoms with van der Waals surface area (Å²) >= 11 is 0. The molecule has 1 heterocycles. The molecular formula is C10H12N4O6. The fraction of sp³-hybridized carbons (Fsp3) is 0.300. The predicted molar refractivity (Wildman–Crippen MR) is 65.0 cm³/mol. The molecule has 108 valence electrons. The van der Waals surface area contributed by atoms with Gasteiger partial charge in [0.2, 0.25) is 5.91 Å². The minimum atomic E-state index is -1.37. The largest absolute Gasteiger partial charge is 0.480 e. The van der Waals surface area contributed by atoms with Gasteiger partial charge in [-0.1, -0.05) is 0 Å². The maximum absolute atomic E-state index is 11.7. The monoisotopic (exact) mass is 284 g/mol. The molecule has 0 radical (unpaired) electrons. The fourth-order valence-corrected chi connectivity index (χ4v) is 1.37. The lowest BCUT2D eigenvalue weighted by molar-refractivity contribution is -0.139. The van der Waals surface area contributed by atoms with Crippen molar-refractivity contribution in [3.63, 3.8) is 0 Å². The van der Waals surface area contributed by atoms with Gasteiger partial charge in [-0.05, 0) is 6.42 Å².